The molecule has 0 aliphatic rings. The fraction of sp³-hybridized carbons (Fsp3) is 0.667. The second-order valence-corrected chi connectivity index (χ2v) is 2.31. The SMILES string of the molecule is CCC(OC)(C(=O)O)C(=O)Cl. The molecule has 1 unspecified atom stereocenters. The van der Waals surface area contributed by atoms with Crippen LogP contribution in [0.15, 0.2) is 0 Å². The lowest BCUT2D eigenvalue weighted by Crippen LogP contribution is -2.45. The van der Waals surface area contributed by atoms with Crippen molar-refractivity contribution in [2.75, 3.05) is 7.11 Å². The van der Waals surface area contributed by atoms with Crippen molar-refractivity contribution in [2.24, 2.45) is 0 Å². The Morgan fingerprint density at radius 2 is 2.09 bits per heavy atom. The number of carboxylic acids is 1. The van der Waals surface area contributed by atoms with E-state index >= 15 is 0 Å². The van der Waals surface area contributed by atoms with Crippen molar-refractivity contribution < 1.29 is 19.4 Å². The van der Waals surface area contributed by atoms with E-state index in [1.165, 1.54) is 6.92 Å². The number of aliphatic carboxylic acids is 1. The molecule has 0 radical (unpaired) electrons. The fourth-order valence-electron chi connectivity index (χ4n) is 0.686. The molecule has 0 spiro atoms. The fourth-order valence-corrected chi connectivity index (χ4v) is 0.978. The van der Waals surface area contributed by atoms with E-state index in [9.17, 15) is 9.59 Å². The number of carboxylic acid groups (broad SMARTS) is 1. The molecule has 0 rings (SSSR count). The van der Waals surface area contributed by atoms with Crippen LogP contribution in [-0.2, 0) is 14.3 Å². The molecule has 4 nitrogen and oxygen atoms in total. The summed E-state index contributed by atoms with van der Waals surface area (Å²) in [7, 11) is 1.14. The zero-order valence-corrected chi connectivity index (χ0v) is 7.01. The molecule has 0 heterocycles. The van der Waals surface area contributed by atoms with Crippen molar-refractivity contribution in [3.8, 4) is 0 Å². The summed E-state index contributed by atoms with van der Waals surface area (Å²) in [6.07, 6.45) is 0.0150. The summed E-state index contributed by atoms with van der Waals surface area (Å²) in [5.41, 5.74) is -1.87. The van der Waals surface area contributed by atoms with Crippen LogP contribution in [0.1, 0.15) is 13.3 Å². The maximum Gasteiger partial charge on any atom is 0.345 e. The van der Waals surface area contributed by atoms with Gasteiger partial charge in [0.25, 0.3) is 5.24 Å². The van der Waals surface area contributed by atoms with Crippen molar-refractivity contribution in [1.82, 2.24) is 0 Å². The first-order valence-corrected chi connectivity index (χ1v) is 3.37. The second kappa shape index (κ2) is 3.69. The number of halogens is 1. The van der Waals surface area contributed by atoms with Crippen LogP contribution in [0.3, 0.4) is 0 Å². The van der Waals surface area contributed by atoms with E-state index < -0.39 is 16.8 Å². The van der Waals surface area contributed by atoms with Crippen LogP contribution in [0, 0.1) is 0 Å². The molecular weight excluding hydrogens is 172 g/mol. The predicted octanol–water partition coefficient (Wildman–Crippen LogP) is 0.632. The average molecular weight is 181 g/mol. The number of carbonyl (C=O) groups excluding carboxylic acids is 1. The van der Waals surface area contributed by atoms with Crippen molar-refractivity contribution in [3.05, 3.63) is 0 Å². The van der Waals surface area contributed by atoms with Crippen molar-refractivity contribution >= 4 is 22.8 Å². The van der Waals surface area contributed by atoms with Crippen LogP contribution in [-0.4, -0.2) is 29.0 Å². The quantitative estimate of drug-likeness (QED) is 0.509. The van der Waals surface area contributed by atoms with Crippen LogP contribution in [0.5, 0.6) is 0 Å². The summed E-state index contributed by atoms with van der Waals surface area (Å²) in [5, 5.41) is 7.56. The van der Waals surface area contributed by atoms with E-state index in [0.29, 0.717) is 0 Å². The minimum Gasteiger partial charge on any atom is -0.479 e. The van der Waals surface area contributed by atoms with Crippen molar-refractivity contribution in [2.45, 2.75) is 18.9 Å². The molecule has 0 saturated carbocycles. The molecule has 0 amide bonds. The molecule has 0 bridgehead atoms. The first-order chi connectivity index (χ1) is 5.01. The van der Waals surface area contributed by atoms with Gasteiger partial charge in [-0.25, -0.2) is 4.79 Å². The zero-order chi connectivity index (χ0) is 9.07. The van der Waals surface area contributed by atoms with Gasteiger partial charge < -0.3 is 9.84 Å². The summed E-state index contributed by atoms with van der Waals surface area (Å²) in [4.78, 5) is 21.1. The molecule has 64 valence electrons. The standard InChI is InChI=1S/C6H9ClO4/c1-3-6(11-2,4(7)8)5(9)10/h3H2,1-2H3,(H,9,10). The zero-order valence-electron chi connectivity index (χ0n) is 6.26. The largest absolute Gasteiger partial charge is 0.479 e. The number of ether oxygens (including phenoxy) is 1. The Bertz CT molecular complexity index is 157. The van der Waals surface area contributed by atoms with Gasteiger partial charge >= 0.3 is 5.97 Å². The number of carbonyl (C=O) groups is 2. The molecule has 0 aliphatic carbocycles. The third kappa shape index (κ3) is 1.70. The summed E-state index contributed by atoms with van der Waals surface area (Å²) >= 11 is 5.05. The van der Waals surface area contributed by atoms with Gasteiger partial charge in [-0.1, -0.05) is 6.92 Å². The monoisotopic (exact) mass is 180 g/mol. The van der Waals surface area contributed by atoms with Gasteiger partial charge in [-0.2, -0.15) is 0 Å². The molecule has 1 atom stereocenters. The molecule has 0 fully saturated rings. The normalized spacial score (nSPS) is 15.5. The lowest BCUT2D eigenvalue weighted by atomic mass is 10.0. The van der Waals surface area contributed by atoms with Crippen LogP contribution in [0.4, 0.5) is 0 Å². The van der Waals surface area contributed by atoms with E-state index in [4.69, 9.17) is 16.7 Å². The summed E-state index contributed by atoms with van der Waals surface area (Å²) in [6, 6.07) is 0. The van der Waals surface area contributed by atoms with Crippen LogP contribution in [0.25, 0.3) is 0 Å². The highest BCUT2D eigenvalue weighted by Gasteiger charge is 2.43. The van der Waals surface area contributed by atoms with Gasteiger partial charge in [0.15, 0.2) is 0 Å². The van der Waals surface area contributed by atoms with Gasteiger partial charge in [-0.05, 0) is 18.0 Å². The maximum atomic E-state index is 10.6. The van der Waals surface area contributed by atoms with E-state index in [-0.39, 0.29) is 6.42 Å². The molecule has 0 aliphatic heterocycles. The lowest BCUT2D eigenvalue weighted by Gasteiger charge is -2.20. The van der Waals surface area contributed by atoms with Crippen LogP contribution >= 0.6 is 11.6 Å². The molecule has 0 aromatic carbocycles. The Kier molecular flexibility index (Phi) is 3.48. The first-order valence-electron chi connectivity index (χ1n) is 2.99. The smallest absolute Gasteiger partial charge is 0.345 e. The highest BCUT2D eigenvalue weighted by atomic mass is 35.5. The van der Waals surface area contributed by atoms with E-state index in [1.807, 2.05) is 0 Å². The Balaban J connectivity index is 4.76. The van der Waals surface area contributed by atoms with Gasteiger partial charge in [0, 0.05) is 7.11 Å². The van der Waals surface area contributed by atoms with E-state index in [1.54, 1.807) is 0 Å². The first kappa shape index (κ1) is 10.4. The van der Waals surface area contributed by atoms with Crippen molar-refractivity contribution in [1.29, 1.82) is 0 Å². The third-order valence-electron chi connectivity index (χ3n) is 1.51. The number of hydrogen-bond donors (Lipinski definition) is 1. The molecule has 1 N–H and O–H groups in total. The third-order valence-corrected chi connectivity index (χ3v) is 1.81. The number of rotatable bonds is 4. The molecule has 5 heteroatoms. The average Bonchev–Trinajstić information content (AvgIpc) is 1.90. The van der Waals surface area contributed by atoms with Gasteiger partial charge in [0.05, 0.1) is 0 Å². The van der Waals surface area contributed by atoms with Gasteiger partial charge in [0.1, 0.15) is 0 Å². The number of methoxy groups -OCH3 is 1. The minimum atomic E-state index is -1.87. The van der Waals surface area contributed by atoms with Gasteiger partial charge in [0.2, 0.25) is 5.60 Å². The predicted molar refractivity (Wildman–Crippen MR) is 38.5 cm³/mol. The van der Waals surface area contributed by atoms with Gasteiger partial charge in [-0.3, -0.25) is 4.79 Å². The Morgan fingerprint density at radius 1 is 1.64 bits per heavy atom. The second-order valence-electron chi connectivity index (χ2n) is 1.96. The highest BCUT2D eigenvalue weighted by Crippen LogP contribution is 2.18. The Morgan fingerprint density at radius 3 is 2.09 bits per heavy atom. The molecule has 0 aromatic rings. The van der Waals surface area contributed by atoms with Gasteiger partial charge in [-0.15, -0.1) is 0 Å². The minimum absolute atomic E-state index is 0.0150. The Hall–Kier alpha value is -0.610. The van der Waals surface area contributed by atoms with E-state index in [0.717, 1.165) is 7.11 Å². The number of hydrogen-bond acceptors (Lipinski definition) is 3. The van der Waals surface area contributed by atoms with Crippen LogP contribution in [0.2, 0.25) is 0 Å². The highest BCUT2D eigenvalue weighted by molar-refractivity contribution is 6.67. The molecule has 0 saturated heterocycles. The topological polar surface area (TPSA) is 63.6 Å². The van der Waals surface area contributed by atoms with Crippen molar-refractivity contribution in [3.63, 3.8) is 0 Å². The van der Waals surface area contributed by atoms with E-state index in [2.05, 4.69) is 4.74 Å². The molecule has 0 aromatic heterocycles. The summed E-state index contributed by atoms with van der Waals surface area (Å²) in [6.45, 7) is 1.51. The maximum absolute atomic E-state index is 10.6. The summed E-state index contributed by atoms with van der Waals surface area (Å²) < 4.78 is 4.53. The Labute approximate surface area is 69.1 Å². The van der Waals surface area contributed by atoms with Crippen LogP contribution < -0.4 is 0 Å². The summed E-state index contributed by atoms with van der Waals surface area (Å²) in [5.74, 6) is -1.36. The lowest BCUT2D eigenvalue weighted by molar-refractivity contribution is -0.165. The molecular formula is C6H9ClO4. The molecule has 11 heavy (non-hydrogen) atoms.